The van der Waals surface area contributed by atoms with Crippen molar-refractivity contribution in [3.05, 3.63) is 39.4 Å². The zero-order valence-corrected chi connectivity index (χ0v) is 24.2. The lowest BCUT2D eigenvalue weighted by atomic mass is 9.74. The number of hydrogen-bond acceptors (Lipinski definition) is 13. The second kappa shape index (κ2) is 9.76. The molecule has 2 aromatic carbocycles. The average molecular weight is 599 g/mol. The number of thioether (sulfide) groups is 1. The van der Waals surface area contributed by atoms with Crippen molar-refractivity contribution in [3.63, 3.8) is 0 Å². The van der Waals surface area contributed by atoms with E-state index in [2.05, 4.69) is 5.32 Å². The molecule has 7 rings (SSSR count). The number of cyclic esters (lactones) is 1. The molecule has 42 heavy (non-hydrogen) atoms. The molecule has 6 atom stereocenters. The predicted molar refractivity (Wildman–Crippen MR) is 147 cm³/mol. The molecule has 2 saturated heterocycles. The Hall–Kier alpha value is -3.52. The SMILES string of the molecule is COc1c(C)cc2c(c1O)C1NC(C2)[C@H](O)N2C1[C@@H]1SCC(=O)C(=O)OC[C@H]2c2c3c(c(C)c(OC(C)=O)c21)OCO3. The Morgan fingerprint density at radius 3 is 2.62 bits per heavy atom. The number of aliphatic hydroxyl groups excluding tert-OH is 1. The van der Waals surface area contributed by atoms with Gasteiger partial charge in [-0.15, -0.1) is 11.8 Å². The van der Waals surface area contributed by atoms with Crippen LogP contribution in [0.3, 0.4) is 0 Å². The summed E-state index contributed by atoms with van der Waals surface area (Å²) in [5.74, 6) is -0.942. The standard InChI is InChI=1S/C29H30N2O10S/c1-10-5-13-6-14-28(35)31-15-7-38-29(36)16(33)8-42-27(21(31)20(30-14)17(13)22(34)23(10)37-4)19-18(15)26-25(39-9-40-26)11(2)24(19)41-12(3)32/h5,14-15,20-21,27-28,30,34-35H,6-9H2,1-4H3/t14?,15-,20?,21?,27+,28-/m0/s1. The third kappa shape index (κ3) is 3.76. The van der Waals surface area contributed by atoms with Crippen molar-refractivity contribution in [1.29, 1.82) is 0 Å². The minimum Gasteiger partial charge on any atom is -0.504 e. The number of aryl methyl sites for hydroxylation is 1. The Kier molecular flexibility index (Phi) is 6.35. The number of methoxy groups -OCH3 is 1. The van der Waals surface area contributed by atoms with Crippen LogP contribution in [0.25, 0.3) is 0 Å². The predicted octanol–water partition coefficient (Wildman–Crippen LogP) is 1.88. The molecule has 5 aliphatic rings. The third-order valence-electron chi connectivity index (χ3n) is 8.87. The number of phenolic OH excluding ortho intramolecular Hbond substituents is 1. The number of ketones is 1. The summed E-state index contributed by atoms with van der Waals surface area (Å²) >= 11 is 1.19. The molecule has 3 unspecified atom stereocenters. The maximum Gasteiger partial charge on any atom is 0.375 e. The average Bonchev–Trinajstić information content (AvgIpc) is 3.44. The van der Waals surface area contributed by atoms with Gasteiger partial charge in [-0.25, -0.2) is 4.79 Å². The quantitative estimate of drug-likeness (QED) is 0.262. The number of ether oxygens (including phenoxy) is 5. The number of nitrogens with zero attached hydrogens (tertiary/aromatic N) is 1. The number of fused-ring (bicyclic) bond motifs is 9. The summed E-state index contributed by atoms with van der Waals surface area (Å²) in [6.45, 7) is 4.60. The van der Waals surface area contributed by atoms with Crippen LogP contribution in [0.4, 0.5) is 0 Å². The van der Waals surface area contributed by atoms with Gasteiger partial charge in [0.2, 0.25) is 12.6 Å². The van der Waals surface area contributed by atoms with E-state index in [1.807, 2.05) is 17.9 Å². The van der Waals surface area contributed by atoms with Gasteiger partial charge in [-0.05, 0) is 31.4 Å². The zero-order chi connectivity index (χ0) is 29.6. The topological polar surface area (TPSA) is 153 Å². The van der Waals surface area contributed by atoms with E-state index in [4.69, 9.17) is 23.7 Å². The normalized spacial score (nSPS) is 29.3. The number of rotatable bonds is 2. The number of benzene rings is 2. The van der Waals surface area contributed by atoms with Crippen LogP contribution in [0.15, 0.2) is 6.07 Å². The summed E-state index contributed by atoms with van der Waals surface area (Å²) in [7, 11) is 1.50. The molecular formula is C29H30N2O10S. The van der Waals surface area contributed by atoms with Crippen molar-refractivity contribution in [2.24, 2.45) is 0 Å². The number of carbonyl (C=O) groups is 3. The van der Waals surface area contributed by atoms with Gasteiger partial charge < -0.3 is 39.2 Å². The fourth-order valence-corrected chi connectivity index (χ4v) is 8.66. The van der Waals surface area contributed by atoms with Gasteiger partial charge in [-0.3, -0.25) is 14.5 Å². The number of hydrogen-bond donors (Lipinski definition) is 3. The summed E-state index contributed by atoms with van der Waals surface area (Å²) in [4.78, 5) is 39.7. The maximum atomic E-state index is 12.8. The molecule has 0 saturated carbocycles. The Morgan fingerprint density at radius 1 is 1.12 bits per heavy atom. The van der Waals surface area contributed by atoms with Gasteiger partial charge in [0.25, 0.3) is 0 Å². The monoisotopic (exact) mass is 598 g/mol. The van der Waals surface area contributed by atoms with Crippen molar-refractivity contribution < 1.29 is 48.3 Å². The number of aromatic hydroxyl groups is 1. The van der Waals surface area contributed by atoms with Gasteiger partial charge in [0, 0.05) is 35.2 Å². The maximum absolute atomic E-state index is 12.8. The molecule has 13 heteroatoms. The first kappa shape index (κ1) is 27.3. The number of piperazine rings is 1. The highest BCUT2D eigenvalue weighted by molar-refractivity contribution is 8.00. The van der Waals surface area contributed by atoms with Crippen LogP contribution < -0.4 is 24.3 Å². The first-order valence-electron chi connectivity index (χ1n) is 13.7. The second-order valence-electron chi connectivity index (χ2n) is 11.2. The number of esters is 2. The van der Waals surface area contributed by atoms with Crippen LogP contribution in [0, 0.1) is 13.8 Å². The van der Waals surface area contributed by atoms with E-state index in [-0.39, 0.29) is 30.7 Å². The molecule has 0 radical (unpaired) electrons. The van der Waals surface area contributed by atoms with Gasteiger partial charge in [0.05, 0.1) is 36.2 Å². The molecule has 5 heterocycles. The van der Waals surface area contributed by atoms with Crippen molar-refractivity contribution in [1.82, 2.24) is 10.2 Å². The number of carbonyl (C=O) groups excluding carboxylic acids is 3. The molecule has 222 valence electrons. The van der Waals surface area contributed by atoms with Crippen LogP contribution in [0.5, 0.6) is 28.7 Å². The largest absolute Gasteiger partial charge is 0.504 e. The van der Waals surface area contributed by atoms with Crippen LogP contribution >= 0.6 is 11.8 Å². The molecule has 12 nitrogen and oxygen atoms in total. The van der Waals surface area contributed by atoms with Crippen LogP contribution in [-0.4, -0.2) is 77.4 Å². The highest BCUT2D eigenvalue weighted by Crippen LogP contribution is 2.62. The van der Waals surface area contributed by atoms with Crippen molar-refractivity contribution in [2.75, 3.05) is 26.3 Å². The minimum absolute atomic E-state index is 0.00237. The zero-order valence-electron chi connectivity index (χ0n) is 23.4. The number of nitrogens with one attached hydrogen (secondary N) is 1. The summed E-state index contributed by atoms with van der Waals surface area (Å²) < 4.78 is 28.7. The molecule has 2 aromatic rings. The first-order valence-corrected chi connectivity index (χ1v) is 14.7. The van der Waals surface area contributed by atoms with E-state index in [1.165, 1.54) is 25.8 Å². The molecule has 3 N–H and O–H groups in total. The Bertz CT molecular complexity index is 1560. The van der Waals surface area contributed by atoms with E-state index in [1.54, 1.807) is 6.92 Å². The summed E-state index contributed by atoms with van der Waals surface area (Å²) in [6.07, 6.45) is -0.621. The van der Waals surface area contributed by atoms with Crippen LogP contribution in [0.1, 0.15) is 57.6 Å². The Balaban J connectivity index is 1.53. The van der Waals surface area contributed by atoms with E-state index < -0.39 is 53.4 Å². The fourth-order valence-electron chi connectivity index (χ4n) is 7.32. The molecular weight excluding hydrogens is 568 g/mol. The Labute approximate surface area is 245 Å². The van der Waals surface area contributed by atoms with E-state index >= 15 is 0 Å². The van der Waals surface area contributed by atoms with Crippen molar-refractivity contribution in [2.45, 2.75) is 62.8 Å². The van der Waals surface area contributed by atoms with Gasteiger partial charge in [-0.2, -0.15) is 0 Å². The molecule has 0 aromatic heterocycles. The number of aliphatic hydroxyl groups is 1. The van der Waals surface area contributed by atoms with E-state index in [9.17, 15) is 24.6 Å². The lowest BCUT2D eigenvalue weighted by Gasteiger charge is -2.59. The van der Waals surface area contributed by atoms with Crippen molar-refractivity contribution >= 4 is 29.5 Å². The lowest BCUT2D eigenvalue weighted by Crippen LogP contribution is -2.69. The first-order chi connectivity index (χ1) is 20.1. The Morgan fingerprint density at radius 2 is 1.88 bits per heavy atom. The van der Waals surface area contributed by atoms with Gasteiger partial charge in [0.1, 0.15) is 18.6 Å². The van der Waals surface area contributed by atoms with Gasteiger partial charge in [0.15, 0.2) is 23.0 Å². The van der Waals surface area contributed by atoms with Crippen LogP contribution in [0.2, 0.25) is 0 Å². The summed E-state index contributed by atoms with van der Waals surface area (Å²) in [5.41, 5.74) is 4.01. The lowest BCUT2D eigenvalue weighted by molar-refractivity contribution is -0.162. The molecule has 0 aliphatic carbocycles. The molecule has 0 amide bonds. The van der Waals surface area contributed by atoms with Crippen molar-refractivity contribution in [3.8, 4) is 28.7 Å². The highest BCUT2D eigenvalue weighted by Gasteiger charge is 2.58. The number of phenols is 1. The number of Topliss-reactive ketones (excluding diaryl/α,β-unsaturated/α-hetero) is 1. The molecule has 4 bridgehead atoms. The highest BCUT2D eigenvalue weighted by atomic mass is 32.2. The van der Waals surface area contributed by atoms with E-state index in [0.29, 0.717) is 45.9 Å². The smallest absolute Gasteiger partial charge is 0.375 e. The van der Waals surface area contributed by atoms with Gasteiger partial charge in [-0.1, -0.05) is 6.07 Å². The summed E-state index contributed by atoms with van der Waals surface area (Å²) in [5, 5.41) is 26.4. The van der Waals surface area contributed by atoms with E-state index in [0.717, 1.165) is 11.1 Å². The molecule has 5 aliphatic heterocycles. The minimum atomic E-state index is -1.05. The fraction of sp³-hybridized carbons (Fsp3) is 0.483. The summed E-state index contributed by atoms with van der Waals surface area (Å²) in [6, 6.07) is -0.375. The van der Waals surface area contributed by atoms with Gasteiger partial charge >= 0.3 is 11.9 Å². The second-order valence-corrected chi connectivity index (χ2v) is 12.3. The third-order valence-corrected chi connectivity index (χ3v) is 10.2. The molecule has 0 spiro atoms. The molecule has 2 fully saturated rings. The van der Waals surface area contributed by atoms with Crippen LogP contribution in [-0.2, 0) is 25.5 Å².